The average molecular weight is 426 g/mol. The minimum atomic E-state index is -0.0925. The summed E-state index contributed by atoms with van der Waals surface area (Å²) in [5, 5.41) is 8.80. The number of piperidine rings is 1. The molecule has 8 nitrogen and oxygen atoms in total. The summed E-state index contributed by atoms with van der Waals surface area (Å²) in [6.45, 7) is 1.20. The number of thiophene rings is 1. The molecule has 1 aliphatic heterocycles. The number of carbonyl (C=O) groups is 2. The Morgan fingerprint density at radius 1 is 1.20 bits per heavy atom. The molecular weight excluding hydrogens is 402 g/mol. The fourth-order valence-corrected chi connectivity index (χ4v) is 4.12. The summed E-state index contributed by atoms with van der Waals surface area (Å²) in [6, 6.07) is 9.30. The Bertz CT molecular complexity index is 966. The Labute approximate surface area is 178 Å². The van der Waals surface area contributed by atoms with Crippen LogP contribution in [0.4, 0.5) is 5.82 Å². The van der Waals surface area contributed by atoms with Crippen molar-refractivity contribution < 1.29 is 14.1 Å². The molecule has 0 aromatic carbocycles. The minimum Gasteiger partial charge on any atom is -0.343 e. The van der Waals surface area contributed by atoms with Crippen molar-refractivity contribution in [3.05, 3.63) is 47.8 Å². The molecule has 0 bridgehead atoms. The molecule has 4 rings (SSSR count). The number of aryl methyl sites for hydroxylation is 1. The zero-order chi connectivity index (χ0) is 20.8. The molecule has 30 heavy (non-hydrogen) atoms. The Morgan fingerprint density at radius 3 is 2.80 bits per heavy atom. The quantitative estimate of drug-likeness (QED) is 0.623. The van der Waals surface area contributed by atoms with Crippen LogP contribution in [0.2, 0.25) is 0 Å². The van der Waals surface area contributed by atoms with Crippen molar-refractivity contribution in [2.24, 2.45) is 5.92 Å². The van der Waals surface area contributed by atoms with Gasteiger partial charge in [-0.1, -0.05) is 17.3 Å². The van der Waals surface area contributed by atoms with Crippen molar-refractivity contribution in [3.63, 3.8) is 0 Å². The number of nitrogens with one attached hydrogen (secondary N) is 1. The number of pyridine rings is 1. The zero-order valence-electron chi connectivity index (χ0n) is 16.5. The first-order chi connectivity index (χ1) is 14.7. The van der Waals surface area contributed by atoms with E-state index >= 15 is 0 Å². The Kier molecular flexibility index (Phi) is 6.48. The lowest BCUT2D eigenvalue weighted by Crippen LogP contribution is -2.41. The summed E-state index contributed by atoms with van der Waals surface area (Å²) in [6.07, 6.45) is 4.64. The molecule has 3 aromatic rings. The summed E-state index contributed by atoms with van der Waals surface area (Å²) in [4.78, 5) is 36.2. The highest BCUT2D eigenvalue weighted by molar-refractivity contribution is 7.13. The van der Waals surface area contributed by atoms with Gasteiger partial charge in [-0.25, -0.2) is 4.98 Å². The van der Waals surface area contributed by atoms with Gasteiger partial charge in [0.05, 0.1) is 4.88 Å². The van der Waals surface area contributed by atoms with E-state index in [0.29, 0.717) is 62.7 Å². The third-order valence-electron chi connectivity index (χ3n) is 5.13. The van der Waals surface area contributed by atoms with E-state index in [0.717, 1.165) is 4.88 Å². The number of hydrogen-bond donors (Lipinski definition) is 1. The molecule has 9 heteroatoms. The van der Waals surface area contributed by atoms with Crippen molar-refractivity contribution in [3.8, 4) is 10.7 Å². The maximum absolute atomic E-state index is 12.5. The fraction of sp³-hybridized carbons (Fsp3) is 0.381. The van der Waals surface area contributed by atoms with Gasteiger partial charge in [-0.05, 0) is 42.8 Å². The molecule has 1 aliphatic rings. The Hall–Kier alpha value is -3.07. The van der Waals surface area contributed by atoms with Crippen LogP contribution in [0.25, 0.3) is 10.7 Å². The SMILES string of the molecule is O=C(Nc1ccccn1)C1CCN(C(=O)CCCc2nc(-c3cccs3)no2)CC1. The van der Waals surface area contributed by atoms with Gasteiger partial charge in [0, 0.05) is 38.0 Å². The highest BCUT2D eigenvalue weighted by atomic mass is 32.1. The third-order valence-corrected chi connectivity index (χ3v) is 5.99. The van der Waals surface area contributed by atoms with Crippen LogP contribution < -0.4 is 5.32 Å². The number of amides is 2. The molecule has 0 atom stereocenters. The second kappa shape index (κ2) is 9.62. The number of anilines is 1. The van der Waals surface area contributed by atoms with E-state index in [1.54, 1.807) is 29.7 Å². The summed E-state index contributed by atoms with van der Waals surface area (Å²) in [5.41, 5.74) is 0. The van der Waals surface area contributed by atoms with Gasteiger partial charge in [0.25, 0.3) is 0 Å². The van der Waals surface area contributed by atoms with E-state index in [9.17, 15) is 9.59 Å². The molecule has 0 spiro atoms. The predicted molar refractivity (Wildman–Crippen MR) is 113 cm³/mol. The number of aromatic nitrogens is 3. The van der Waals surface area contributed by atoms with Gasteiger partial charge in [0.15, 0.2) is 0 Å². The second-order valence-corrected chi connectivity index (χ2v) is 8.15. The van der Waals surface area contributed by atoms with Crippen LogP contribution in [0.5, 0.6) is 0 Å². The topological polar surface area (TPSA) is 101 Å². The summed E-state index contributed by atoms with van der Waals surface area (Å²) in [5.74, 6) is 1.69. The van der Waals surface area contributed by atoms with Gasteiger partial charge >= 0.3 is 0 Å². The summed E-state index contributed by atoms with van der Waals surface area (Å²) >= 11 is 1.56. The van der Waals surface area contributed by atoms with E-state index in [4.69, 9.17) is 4.52 Å². The maximum Gasteiger partial charge on any atom is 0.228 e. The molecule has 2 amide bonds. The van der Waals surface area contributed by atoms with Gasteiger partial charge in [-0.3, -0.25) is 9.59 Å². The van der Waals surface area contributed by atoms with E-state index < -0.39 is 0 Å². The second-order valence-electron chi connectivity index (χ2n) is 7.20. The molecule has 0 unspecified atom stereocenters. The smallest absolute Gasteiger partial charge is 0.228 e. The standard InChI is InChI=1S/C21H23N5O3S/c27-19(8-3-7-18-24-20(25-29-18)16-5-4-14-30-16)26-12-9-15(10-13-26)21(28)23-17-6-1-2-11-22-17/h1-2,4-6,11,14-15H,3,7-10,12-13H2,(H,22,23,28). The molecule has 0 saturated carbocycles. The van der Waals surface area contributed by atoms with Crippen molar-refractivity contribution in [2.45, 2.75) is 32.1 Å². The van der Waals surface area contributed by atoms with Gasteiger partial charge in [0.2, 0.25) is 23.5 Å². The van der Waals surface area contributed by atoms with E-state index in [2.05, 4.69) is 20.4 Å². The third kappa shape index (κ3) is 5.10. The van der Waals surface area contributed by atoms with Crippen LogP contribution in [-0.4, -0.2) is 44.9 Å². The first-order valence-corrected chi connectivity index (χ1v) is 10.9. The van der Waals surface area contributed by atoms with Crippen molar-refractivity contribution in [1.82, 2.24) is 20.0 Å². The highest BCUT2D eigenvalue weighted by Crippen LogP contribution is 2.22. The molecule has 156 valence electrons. The van der Waals surface area contributed by atoms with Crippen LogP contribution in [0.1, 0.15) is 31.6 Å². The van der Waals surface area contributed by atoms with E-state index in [1.807, 2.05) is 28.5 Å². The molecule has 0 radical (unpaired) electrons. The van der Waals surface area contributed by atoms with Crippen LogP contribution in [0.15, 0.2) is 46.4 Å². The van der Waals surface area contributed by atoms with Crippen LogP contribution >= 0.6 is 11.3 Å². The molecular formula is C21H23N5O3S. The average Bonchev–Trinajstić information content (AvgIpc) is 3.46. The van der Waals surface area contributed by atoms with E-state index in [1.165, 1.54) is 0 Å². The van der Waals surface area contributed by atoms with Crippen LogP contribution in [0.3, 0.4) is 0 Å². The van der Waals surface area contributed by atoms with Crippen molar-refractivity contribution in [1.29, 1.82) is 0 Å². The van der Waals surface area contributed by atoms with Gasteiger partial charge in [0.1, 0.15) is 5.82 Å². The lowest BCUT2D eigenvalue weighted by molar-refractivity contribution is -0.134. The molecule has 1 saturated heterocycles. The predicted octanol–water partition coefficient (Wildman–Crippen LogP) is 3.39. The first-order valence-electron chi connectivity index (χ1n) is 10.0. The zero-order valence-corrected chi connectivity index (χ0v) is 17.3. The first kappa shape index (κ1) is 20.2. The highest BCUT2D eigenvalue weighted by Gasteiger charge is 2.27. The number of likely N-dealkylation sites (tertiary alicyclic amines) is 1. The van der Waals surface area contributed by atoms with Crippen molar-refractivity contribution in [2.75, 3.05) is 18.4 Å². The van der Waals surface area contributed by atoms with Crippen molar-refractivity contribution >= 4 is 29.0 Å². The van der Waals surface area contributed by atoms with Crippen LogP contribution in [-0.2, 0) is 16.0 Å². The number of nitrogens with zero attached hydrogens (tertiary/aromatic N) is 4. The van der Waals surface area contributed by atoms with Crippen LogP contribution in [0, 0.1) is 5.92 Å². The monoisotopic (exact) mass is 425 g/mol. The Morgan fingerprint density at radius 2 is 2.07 bits per heavy atom. The molecule has 1 fully saturated rings. The minimum absolute atomic E-state index is 0.0289. The lowest BCUT2D eigenvalue weighted by atomic mass is 9.95. The molecule has 0 aliphatic carbocycles. The maximum atomic E-state index is 12.5. The van der Waals surface area contributed by atoms with Gasteiger partial charge in [-0.15, -0.1) is 11.3 Å². The molecule has 4 heterocycles. The lowest BCUT2D eigenvalue weighted by Gasteiger charge is -2.31. The normalized spacial score (nSPS) is 14.6. The summed E-state index contributed by atoms with van der Waals surface area (Å²) < 4.78 is 5.28. The molecule has 3 aromatic heterocycles. The number of rotatable bonds is 7. The Balaban J connectivity index is 1.18. The molecule has 1 N–H and O–H groups in total. The number of hydrogen-bond acceptors (Lipinski definition) is 7. The van der Waals surface area contributed by atoms with Gasteiger partial charge < -0.3 is 14.7 Å². The number of carbonyl (C=O) groups excluding carboxylic acids is 2. The summed E-state index contributed by atoms with van der Waals surface area (Å²) in [7, 11) is 0. The van der Waals surface area contributed by atoms with Gasteiger partial charge in [-0.2, -0.15) is 4.98 Å². The largest absolute Gasteiger partial charge is 0.343 e. The fourth-order valence-electron chi connectivity index (χ4n) is 3.47. The van der Waals surface area contributed by atoms with E-state index in [-0.39, 0.29) is 17.7 Å².